The molecule has 0 saturated carbocycles. The van der Waals surface area contributed by atoms with E-state index in [1.54, 1.807) is 18.3 Å². The summed E-state index contributed by atoms with van der Waals surface area (Å²) >= 11 is 3.37. The minimum atomic E-state index is -0.403. The van der Waals surface area contributed by atoms with E-state index in [0.717, 1.165) is 37.1 Å². The number of rotatable bonds is 9. The summed E-state index contributed by atoms with van der Waals surface area (Å²) in [7, 11) is 1.36. The summed E-state index contributed by atoms with van der Waals surface area (Å²) in [5, 5.41) is 6.71. The van der Waals surface area contributed by atoms with Gasteiger partial charge in [-0.25, -0.2) is 9.78 Å². The number of carbonyl (C=O) groups excluding carboxylic acids is 1. The maximum absolute atomic E-state index is 11.9. The Morgan fingerprint density at radius 1 is 1.26 bits per heavy atom. The topological polar surface area (TPSA) is 76.1 Å². The lowest BCUT2D eigenvalue weighted by molar-refractivity contribution is 0.0599. The van der Waals surface area contributed by atoms with E-state index >= 15 is 0 Å². The van der Waals surface area contributed by atoms with E-state index in [0.29, 0.717) is 27.7 Å². The highest BCUT2D eigenvalue weighted by atomic mass is 79.9. The molecule has 1 aromatic heterocycles. The Morgan fingerprint density at radius 2 is 1.96 bits per heavy atom. The van der Waals surface area contributed by atoms with Crippen LogP contribution < -0.4 is 10.6 Å². The molecule has 7 heteroatoms. The lowest BCUT2D eigenvalue weighted by atomic mass is 10.1. The Bertz CT molecular complexity index is 777. The van der Waals surface area contributed by atoms with Crippen molar-refractivity contribution < 1.29 is 9.53 Å². The van der Waals surface area contributed by atoms with E-state index in [4.69, 9.17) is 4.74 Å². The molecule has 27 heavy (non-hydrogen) atoms. The molecule has 0 atom stereocenters. The van der Waals surface area contributed by atoms with Gasteiger partial charge in [-0.1, -0.05) is 26.7 Å². The molecule has 0 fully saturated rings. The molecular weight excluding hydrogens is 408 g/mol. The summed E-state index contributed by atoms with van der Waals surface area (Å²) in [6, 6.07) is 5.76. The van der Waals surface area contributed by atoms with Crippen molar-refractivity contribution in [1.29, 1.82) is 0 Å². The van der Waals surface area contributed by atoms with Crippen LogP contribution in [0.15, 0.2) is 28.9 Å². The molecule has 2 rings (SSSR count). The van der Waals surface area contributed by atoms with Crippen molar-refractivity contribution in [2.45, 2.75) is 52.5 Å². The fourth-order valence-electron chi connectivity index (χ4n) is 2.83. The first-order valence-corrected chi connectivity index (χ1v) is 10.0. The van der Waals surface area contributed by atoms with Crippen molar-refractivity contribution in [3.8, 4) is 0 Å². The quantitative estimate of drug-likeness (QED) is 0.510. The molecule has 2 aromatic rings. The van der Waals surface area contributed by atoms with Gasteiger partial charge in [0.1, 0.15) is 5.82 Å². The van der Waals surface area contributed by atoms with Gasteiger partial charge in [-0.15, -0.1) is 0 Å². The maximum atomic E-state index is 11.9. The molecule has 146 valence electrons. The summed E-state index contributed by atoms with van der Waals surface area (Å²) in [4.78, 5) is 20.8. The van der Waals surface area contributed by atoms with Gasteiger partial charge in [0, 0.05) is 28.0 Å². The zero-order chi connectivity index (χ0) is 19.8. The normalized spacial score (nSPS) is 10.7. The number of methoxy groups -OCH3 is 1. The molecule has 0 amide bonds. The van der Waals surface area contributed by atoms with E-state index in [-0.39, 0.29) is 0 Å². The molecule has 0 aliphatic heterocycles. The first-order chi connectivity index (χ1) is 13.0. The van der Waals surface area contributed by atoms with Gasteiger partial charge in [-0.3, -0.25) is 0 Å². The number of benzene rings is 1. The first kappa shape index (κ1) is 21.2. The Hall–Kier alpha value is -2.15. The largest absolute Gasteiger partial charge is 0.465 e. The summed E-state index contributed by atoms with van der Waals surface area (Å²) in [5.74, 6) is 0.914. The van der Waals surface area contributed by atoms with E-state index in [2.05, 4.69) is 50.4 Å². The second-order valence-electron chi connectivity index (χ2n) is 6.46. The molecular formula is C20H27BrN4O2. The van der Waals surface area contributed by atoms with Crippen molar-refractivity contribution >= 4 is 39.4 Å². The zero-order valence-corrected chi connectivity index (χ0v) is 17.9. The molecule has 0 bridgehead atoms. The molecule has 0 unspecified atom stereocenters. The third-order valence-corrected chi connectivity index (χ3v) is 4.91. The van der Waals surface area contributed by atoms with Crippen LogP contribution in [0.1, 0.15) is 55.5 Å². The van der Waals surface area contributed by atoms with Crippen LogP contribution in [0, 0.1) is 6.92 Å². The zero-order valence-electron chi connectivity index (χ0n) is 16.3. The average Bonchev–Trinajstić information content (AvgIpc) is 2.65. The first-order valence-electron chi connectivity index (χ1n) is 9.23. The van der Waals surface area contributed by atoms with Gasteiger partial charge in [0.05, 0.1) is 12.7 Å². The van der Waals surface area contributed by atoms with Gasteiger partial charge in [0.25, 0.3) is 0 Å². The van der Waals surface area contributed by atoms with Gasteiger partial charge >= 0.3 is 5.97 Å². The fourth-order valence-corrected chi connectivity index (χ4v) is 3.23. The number of esters is 1. The highest BCUT2D eigenvalue weighted by Crippen LogP contribution is 2.24. The number of nitrogens with one attached hydrogen (secondary N) is 2. The van der Waals surface area contributed by atoms with E-state index in [1.807, 2.05) is 13.0 Å². The molecule has 1 aromatic carbocycles. The molecule has 0 saturated heterocycles. The number of halogens is 1. The number of hydrogen-bond acceptors (Lipinski definition) is 6. The number of anilines is 3. The lowest BCUT2D eigenvalue weighted by Gasteiger charge is -2.19. The summed E-state index contributed by atoms with van der Waals surface area (Å²) < 4.78 is 5.48. The monoisotopic (exact) mass is 434 g/mol. The molecule has 6 nitrogen and oxygen atoms in total. The van der Waals surface area contributed by atoms with Crippen LogP contribution in [-0.2, 0) is 4.74 Å². The Morgan fingerprint density at radius 3 is 2.59 bits per heavy atom. The number of hydrogen-bond donors (Lipinski definition) is 2. The molecule has 0 spiro atoms. The summed E-state index contributed by atoms with van der Waals surface area (Å²) in [6.07, 6.45) is 6.27. The third-order valence-electron chi connectivity index (χ3n) is 4.21. The van der Waals surface area contributed by atoms with Gasteiger partial charge < -0.3 is 15.4 Å². The minimum absolute atomic E-state index is 0.403. The van der Waals surface area contributed by atoms with Crippen molar-refractivity contribution in [2.75, 3.05) is 17.7 Å². The number of ether oxygens (including phenoxy) is 1. The number of aromatic nitrogens is 2. The Balaban J connectivity index is 2.21. The number of nitrogens with zero attached hydrogens (tertiary/aromatic N) is 2. The van der Waals surface area contributed by atoms with E-state index < -0.39 is 5.97 Å². The SMILES string of the molecule is CCCC(CCC)Nc1nc(Nc2ccc(Br)c(C(=O)OC)c2)ncc1C. The second kappa shape index (κ2) is 10.3. The van der Waals surface area contributed by atoms with Crippen molar-refractivity contribution in [2.24, 2.45) is 0 Å². The lowest BCUT2D eigenvalue weighted by Crippen LogP contribution is -2.20. The van der Waals surface area contributed by atoms with Crippen LogP contribution in [0.25, 0.3) is 0 Å². The van der Waals surface area contributed by atoms with Gasteiger partial charge in [0.2, 0.25) is 5.95 Å². The van der Waals surface area contributed by atoms with Crippen LogP contribution in [0.5, 0.6) is 0 Å². The van der Waals surface area contributed by atoms with Crippen LogP contribution in [-0.4, -0.2) is 29.1 Å². The average molecular weight is 435 g/mol. The third kappa shape index (κ3) is 5.92. The van der Waals surface area contributed by atoms with Crippen molar-refractivity contribution in [1.82, 2.24) is 9.97 Å². The Kier molecular flexibility index (Phi) is 8.03. The van der Waals surface area contributed by atoms with Crippen LogP contribution in [0.3, 0.4) is 0 Å². The maximum Gasteiger partial charge on any atom is 0.339 e. The number of aryl methyl sites for hydroxylation is 1. The predicted octanol–water partition coefficient (Wildman–Crippen LogP) is 5.46. The predicted molar refractivity (Wildman–Crippen MR) is 113 cm³/mol. The minimum Gasteiger partial charge on any atom is -0.465 e. The molecule has 0 aliphatic rings. The Labute approximate surface area is 169 Å². The van der Waals surface area contributed by atoms with Crippen LogP contribution >= 0.6 is 15.9 Å². The van der Waals surface area contributed by atoms with Gasteiger partial charge in [-0.2, -0.15) is 4.98 Å². The second-order valence-corrected chi connectivity index (χ2v) is 7.31. The highest BCUT2D eigenvalue weighted by Gasteiger charge is 2.13. The molecule has 0 radical (unpaired) electrons. The summed E-state index contributed by atoms with van der Waals surface area (Å²) in [6.45, 7) is 6.38. The standard InChI is InChI=1S/C20H27BrN4O2/c1-5-7-14(8-6-2)23-18-13(3)12-22-20(25-18)24-15-9-10-17(21)16(11-15)19(26)27-4/h9-12,14H,5-8H2,1-4H3,(H2,22,23,24,25). The summed E-state index contributed by atoms with van der Waals surface area (Å²) in [5.41, 5.74) is 2.16. The number of carbonyl (C=O) groups is 1. The van der Waals surface area contributed by atoms with Crippen molar-refractivity contribution in [3.05, 3.63) is 40.0 Å². The fraction of sp³-hybridized carbons (Fsp3) is 0.450. The van der Waals surface area contributed by atoms with Gasteiger partial charge in [-0.05, 0) is 53.9 Å². The molecule has 0 aliphatic carbocycles. The molecule has 1 heterocycles. The highest BCUT2D eigenvalue weighted by molar-refractivity contribution is 9.10. The van der Waals surface area contributed by atoms with Crippen LogP contribution in [0.2, 0.25) is 0 Å². The molecule has 2 N–H and O–H groups in total. The van der Waals surface area contributed by atoms with Crippen molar-refractivity contribution in [3.63, 3.8) is 0 Å². The van der Waals surface area contributed by atoms with Gasteiger partial charge in [0.15, 0.2) is 0 Å². The van der Waals surface area contributed by atoms with E-state index in [9.17, 15) is 4.79 Å². The van der Waals surface area contributed by atoms with E-state index in [1.165, 1.54) is 7.11 Å². The smallest absolute Gasteiger partial charge is 0.339 e. The van der Waals surface area contributed by atoms with Crippen LogP contribution in [0.4, 0.5) is 17.5 Å².